The fourth-order valence-corrected chi connectivity index (χ4v) is 4.82. The van der Waals surface area contributed by atoms with E-state index in [1.54, 1.807) is 14.2 Å². The van der Waals surface area contributed by atoms with Gasteiger partial charge in [0, 0.05) is 32.6 Å². The number of halogens is 1. The Morgan fingerprint density at radius 1 is 1.28 bits per heavy atom. The molecule has 2 rings (SSSR count). The monoisotopic (exact) mass is 538 g/mol. The highest BCUT2D eigenvalue weighted by molar-refractivity contribution is 14.0. The Morgan fingerprint density at radius 3 is 2.62 bits per heavy atom. The van der Waals surface area contributed by atoms with Crippen LogP contribution in [-0.2, 0) is 21.1 Å². The summed E-state index contributed by atoms with van der Waals surface area (Å²) in [6.45, 7) is 3.13. The molecule has 10 heteroatoms. The lowest BCUT2D eigenvalue weighted by molar-refractivity contribution is -0.121. The maximum atomic E-state index is 12.0. The van der Waals surface area contributed by atoms with Crippen LogP contribution in [-0.4, -0.2) is 65.1 Å². The second-order valence-electron chi connectivity index (χ2n) is 6.91. The Hall–Kier alpha value is -1.56. The number of aryl methyl sites for hydroxylation is 1. The van der Waals surface area contributed by atoms with Gasteiger partial charge in [-0.2, -0.15) is 0 Å². The molecule has 1 atom stereocenters. The van der Waals surface area contributed by atoms with Crippen LogP contribution in [0.1, 0.15) is 24.0 Å². The second kappa shape index (κ2) is 12.2. The van der Waals surface area contributed by atoms with Crippen molar-refractivity contribution < 1.29 is 17.9 Å². The van der Waals surface area contributed by atoms with Crippen molar-refractivity contribution in [3.63, 3.8) is 0 Å². The highest BCUT2D eigenvalue weighted by Crippen LogP contribution is 2.19. The van der Waals surface area contributed by atoms with Crippen LogP contribution in [0, 0.1) is 6.92 Å². The SMILES string of the molecule is CN=C(NCCC(=O)NC1CCS(=O)(=O)C1)NCCc1cc(C)ccc1OC.I. The van der Waals surface area contributed by atoms with E-state index in [2.05, 4.69) is 27.0 Å². The van der Waals surface area contributed by atoms with Gasteiger partial charge in [0.1, 0.15) is 5.75 Å². The number of rotatable bonds is 8. The fourth-order valence-electron chi connectivity index (χ4n) is 3.14. The highest BCUT2D eigenvalue weighted by Gasteiger charge is 2.28. The van der Waals surface area contributed by atoms with Crippen molar-refractivity contribution in [2.24, 2.45) is 4.99 Å². The van der Waals surface area contributed by atoms with Crippen LogP contribution in [0.25, 0.3) is 0 Å². The van der Waals surface area contributed by atoms with Gasteiger partial charge in [0.15, 0.2) is 15.8 Å². The molecule has 1 aromatic carbocycles. The predicted molar refractivity (Wildman–Crippen MR) is 126 cm³/mol. The van der Waals surface area contributed by atoms with Gasteiger partial charge in [0.05, 0.1) is 18.6 Å². The van der Waals surface area contributed by atoms with Gasteiger partial charge in [-0.25, -0.2) is 8.42 Å². The first kappa shape index (κ1) is 25.5. The first-order valence-corrected chi connectivity index (χ1v) is 11.2. The number of nitrogens with one attached hydrogen (secondary N) is 3. The van der Waals surface area contributed by atoms with Gasteiger partial charge < -0.3 is 20.7 Å². The quantitative estimate of drug-likeness (QED) is 0.259. The molecule has 0 bridgehead atoms. The third-order valence-electron chi connectivity index (χ3n) is 4.59. The van der Waals surface area contributed by atoms with E-state index in [1.807, 2.05) is 19.1 Å². The largest absolute Gasteiger partial charge is 0.496 e. The van der Waals surface area contributed by atoms with Crippen LogP contribution >= 0.6 is 24.0 Å². The van der Waals surface area contributed by atoms with E-state index in [0.717, 1.165) is 17.7 Å². The summed E-state index contributed by atoms with van der Waals surface area (Å²) in [4.78, 5) is 16.1. The molecule has 1 fully saturated rings. The number of amides is 1. The summed E-state index contributed by atoms with van der Waals surface area (Å²) in [5.74, 6) is 1.51. The minimum Gasteiger partial charge on any atom is -0.496 e. The molecular weight excluding hydrogens is 507 g/mol. The lowest BCUT2D eigenvalue weighted by atomic mass is 10.1. The number of nitrogens with zero attached hydrogens (tertiary/aromatic N) is 1. The maximum Gasteiger partial charge on any atom is 0.222 e. The molecule has 1 saturated heterocycles. The van der Waals surface area contributed by atoms with Crippen molar-refractivity contribution in [2.75, 3.05) is 38.8 Å². The lowest BCUT2D eigenvalue weighted by Crippen LogP contribution is -2.41. The van der Waals surface area contributed by atoms with Crippen LogP contribution in [0.4, 0.5) is 0 Å². The number of carbonyl (C=O) groups excluding carboxylic acids is 1. The van der Waals surface area contributed by atoms with Crippen molar-refractivity contribution in [1.29, 1.82) is 0 Å². The Bertz CT molecular complexity index is 814. The fraction of sp³-hybridized carbons (Fsp3) is 0.579. The number of carbonyl (C=O) groups is 1. The summed E-state index contributed by atoms with van der Waals surface area (Å²) in [5.41, 5.74) is 2.30. The molecule has 1 aliphatic rings. The maximum absolute atomic E-state index is 12.0. The molecular formula is C19H31IN4O4S. The lowest BCUT2D eigenvalue weighted by Gasteiger charge is -2.14. The second-order valence-corrected chi connectivity index (χ2v) is 9.14. The smallest absolute Gasteiger partial charge is 0.222 e. The van der Waals surface area contributed by atoms with Crippen LogP contribution in [0.2, 0.25) is 0 Å². The Kier molecular flexibility index (Phi) is 10.7. The van der Waals surface area contributed by atoms with Gasteiger partial charge in [-0.15, -0.1) is 24.0 Å². The predicted octanol–water partition coefficient (Wildman–Crippen LogP) is 1.02. The molecule has 3 N–H and O–H groups in total. The van der Waals surface area contributed by atoms with Crippen molar-refractivity contribution in [1.82, 2.24) is 16.0 Å². The molecule has 0 spiro atoms. The summed E-state index contributed by atoms with van der Waals surface area (Å²) in [6.07, 6.45) is 1.53. The van der Waals surface area contributed by atoms with E-state index in [-0.39, 0.29) is 53.9 Å². The molecule has 1 aromatic rings. The number of methoxy groups -OCH3 is 1. The van der Waals surface area contributed by atoms with Gasteiger partial charge in [-0.3, -0.25) is 9.79 Å². The van der Waals surface area contributed by atoms with E-state index in [4.69, 9.17) is 4.74 Å². The summed E-state index contributed by atoms with van der Waals surface area (Å²) < 4.78 is 28.2. The average Bonchev–Trinajstić information content (AvgIpc) is 2.98. The van der Waals surface area contributed by atoms with Gasteiger partial charge in [-0.05, 0) is 31.4 Å². The van der Waals surface area contributed by atoms with Crippen LogP contribution in [0.5, 0.6) is 5.75 Å². The number of ether oxygens (including phenoxy) is 1. The standard InChI is InChI=1S/C19H30N4O4S.HI/c1-14-4-5-17(27-3)15(12-14)6-9-21-19(20-2)22-10-7-18(24)23-16-8-11-28(25,26)13-16;/h4-5,12,16H,6-11,13H2,1-3H3,(H,23,24)(H2,20,21,22);1H. The molecule has 164 valence electrons. The van der Waals surface area contributed by atoms with Crippen LogP contribution in [0.15, 0.2) is 23.2 Å². The number of hydrogen-bond donors (Lipinski definition) is 3. The number of guanidine groups is 1. The molecule has 1 heterocycles. The molecule has 29 heavy (non-hydrogen) atoms. The first-order chi connectivity index (χ1) is 13.3. The van der Waals surface area contributed by atoms with Gasteiger partial charge in [0.2, 0.25) is 5.91 Å². The van der Waals surface area contributed by atoms with Gasteiger partial charge >= 0.3 is 0 Å². The molecule has 8 nitrogen and oxygen atoms in total. The first-order valence-electron chi connectivity index (χ1n) is 9.41. The normalized spacial score (nSPS) is 17.9. The van der Waals surface area contributed by atoms with E-state index >= 15 is 0 Å². The van der Waals surface area contributed by atoms with E-state index < -0.39 is 9.84 Å². The van der Waals surface area contributed by atoms with Crippen molar-refractivity contribution in [3.8, 4) is 5.75 Å². The van der Waals surface area contributed by atoms with Crippen molar-refractivity contribution in [2.45, 2.75) is 32.2 Å². The molecule has 0 saturated carbocycles. The number of aliphatic imine (C=N–C) groups is 1. The minimum absolute atomic E-state index is 0. The van der Waals surface area contributed by atoms with Gasteiger partial charge in [-0.1, -0.05) is 17.7 Å². The third-order valence-corrected chi connectivity index (χ3v) is 6.36. The van der Waals surface area contributed by atoms with Crippen molar-refractivity contribution in [3.05, 3.63) is 29.3 Å². The number of hydrogen-bond acceptors (Lipinski definition) is 5. The third kappa shape index (κ3) is 8.77. The molecule has 0 radical (unpaired) electrons. The highest BCUT2D eigenvalue weighted by atomic mass is 127. The number of sulfone groups is 1. The Morgan fingerprint density at radius 2 is 2.00 bits per heavy atom. The summed E-state index contributed by atoms with van der Waals surface area (Å²) in [6, 6.07) is 5.82. The van der Waals surface area contributed by atoms with Crippen LogP contribution in [0.3, 0.4) is 0 Å². The minimum atomic E-state index is -2.99. The molecule has 0 aliphatic carbocycles. The zero-order valence-corrected chi connectivity index (χ0v) is 20.3. The topological polar surface area (TPSA) is 109 Å². The van der Waals surface area contributed by atoms with Crippen molar-refractivity contribution >= 4 is 45.7 Å². The average molecular weight is 538 g/mol. The van der Waals surface area contributed by atoms with E-state index in [9.17, 15) is 13.2 Å². The zero-order valence-electron chi connectivity index (χ0n) is 17.2. The molecule has 0 aromatic heterocycles. The molecule has 1 aliphatic heterocycles. The summed E-state index contributed by atoms with van der Waals surface area (Å²) in [7, 11) is 0.345. The van der Waals surface area contributed by atoms with Crippen LogP contribution < -0.4 is 20.7 Å². The summed E-state index contributed by atoms with van der Waals surface area (Å²) in [5, 5.41) is 9.09. The summed E-state index contributed by atoms with van der Waals surface area (Å²) >= 11 is 0. The molecule has 1 unspecified atom stereocenters. The van der Waals surface area contributed by atoms with Gasteiger partial charge in [0.25, 0.3) is 0 Å². The Balaban J connectivity index is 0.00000420. The van der Waals surface area contributed by atoms with E-state index in [1.165, 1.54) is 5.56 Å². The Labute approximate surface area is 190 Å². The number of benzene rings is 1. The molecule has 1 amide bonds. The zero-order chi connectivity index (χ0) is 20.6. The van der Waals surface area contributed by atoms with E-state index in [0.29, 0.717) is 25.5 Å².